The molecule has 0 aliphatic carbocycles. The van der Waals surface area contributed by atoms with E-state index in [9.17, 15) is 18.0 Å². The number of anilines is 1. The van der Waals surface area contributed by atoms with Crippen LogP contribution in [-0.4, -0.2) is 24.7 Å². The smallest absolute Gasteiger partial charge is 0.418 e. The zero-order chi connectivity index (χ0) is 14.2. The number of carboxylic acids is 1. The average molecular weight is 273 g/mol. The van der Waals surface area contributed by atoms with E-state index in [1.54, 1.807) is 13.1 Å². The second kappa shape index (κ2) is 4.75. The highest BCUT2D eigenvalue weighted by molar-refractivity contribution is 5.68. The number of carbonyl (C=O) groups is 1. The van der Waals surface area contributed by atoms with Crippen molar-refractivity contribution in [3.63, 3.8) is 0 Å². The SMILES string of the molecule is CN1CC(CC(=O)O)Cc2cccc(C(F)(F)F)c21. The van der Waals surface area contributed by atoms with Crippen LogP contribution in [0.2, 0.25) is 0 Å². The number of aliphatic carboxylic acids is 1. The summed E-state index contributed by atoms with van der Waals surface area (Å²) < 4.78 is 38.8. The fraction of sp³-hybridized carbons (Fsp3) is 0.462. The summed E-state index contributed by atoms with van der Waals surface area (Å²) in [4.78, 5) is 12.2. The number of fused-ring (bicyclic) bond motifs is 1. The van der Waals surface area contributed by atoms with Crippen LogP contribution in [0.3, 0.4) is 0 Å². The topological polar surface area (TPSA) is 40.5 Å². The summed E-state index contributed by atoms with van der Waals surface area (Å²) >= 11 is 0. The molecule has 1 N–H and O–H groups in total. The van der Waals surface area contributed by atoms with Crippen molar-refractivity contribution in [2.24, 2.45) is 5.92 Å². The summed E-state index contributed by atoms with van der Waals surface area (Å²) in [5.74, 6) is -1.08. The molecule has 1 aromatic rings. The molecule has 0 fully saturated rings. The van der Waals surface area contributed by atoms with Crippen LogP contribution in [0, 0.1) is 5.92 Å². The first-order chi connectivity index (χ1) is 8.79. The molecule has 0 radical (unpaired) electrons. The Hall–Kier alpha value is -1.72. The molecule has 3 nitrogen and oxygen atoms in total. The number of para-hydroxylation sites is 1. The van der Waals surface area contributed by atoms with Gasteiger partial charge in [-0.15, -0.1) is 0 Å². The summed E-state index contributed by atoms with van der Waals surface area (Å²) in [6.07, 6.45) is -4.05. The first-order valence-electron chi connectivity index (χ1n) is 5.91. The maximum atomic E-state index is 12.9. The minimum absolute atomic E-state index is 0.0278. The van der Waals surface area contributed by atoms with E-state index in [1.807, 2.05) is 0 Å². The van der Waals surface area contributed by atoms with Gasteiger partial charge in [-0.3, -0.25) is 4.79 Å². The van der Waals surface area contributed by atoms with Gasteiger partial charge < -0.3 is 10.0 Å². The molecule has 1 aromatic carbocycles. The molecule has 1 atom stereocenters. The Morgan fingerprint density at radius 3 is 2.74 bits per heavy atom. The van der Waals surface area contributed by atoms with Gasteiger partial charge >= 0.3 is 12.1 Å². The largest absolute Gasteiger partial charge is 0.481 e. The Balaban J connectivity index is 2.38. The van der Waals surface area contributed by atoms with Gasteiger partial charge in [0.15, 0.2) is 0 Å². The molecule has 0 saturated carbocycles. The lowest BCUT2D eigenvalue weighted by atomic mass is 9.88. The third kappa shape index (κ3) is 2.83. The van der Waals surface area contributed by atoms with Crippen molar-refractivity contribution < 1.29 is 23.1 Å². The van der Waals surface area contributed by atoms with E-state index < -0.39 is 17.7 Å². The van der Waals surface area contributed by atoms with E-state index in [0.29, 0.717) is 18.5 Å². The number of hydrogen-bond donors (Lipinski definition) is 1. The van der Waals surface area contributed by atoms with Crippen LogP contribution in [0.1, 0.15) is 17.5 Å². The van der Waals surface area contributed by atoms with Gasteiger partial charge in [-0.25, -0.2) is 0 Å². The van der Waals surface area contributed by atoms with Crippen LogP contribution >= 0.6 is 0 Å². The molecule has 0 bridgehead atoms. The van der Waals surface area contributed by atoms with Crippen molar-refractivity contribution in [1.29, 1.82) is 0 Å². The summed E-state index contributed by atoms with van der Waals surface area (Å²) in [6.45, 7) is 0.326. The van der Waals surface area contributed by atoms with Crippen LogP contribution in [0.5, 0.6) is 0 Å². The molecule has 104 valence electrons. The van der Waals surface area contributed by atoms with Crippen LogP contribution < -0.4 is 4.90 Å². The van der Waals surface area contributed by atoms with Gasteiger partial charge in [-0.05, 0) is 24.0 Å². The van der Waals surface area contributed by atoms with Crippen molar-refractivity contribution in [2.75, 3.05) is 18.5 Å². The number of alkyl halides is 3. The molecule has 1 unspecified atom stereocenters. The monoisotopic (exact) mass is 273 g/mol. The molecule has 0 saturated heterocycles. The zero-order valence-electron chi connectivity index (χ0n) is 10.4. The van der Waals surface area contributed by atoms with E-state index in [1.165, 1.54) is 11.0 Å². The molecular formula is C13H14F3NO2. The fourth-order valence-electron chi connectivity index (χ4n) is 2.67. The van der Waals surface area contributed by atoms with Crippen LogP contribution in [0.25, 0.3) is 0 Å². The van der Waals surface area contributed by atoms with Gasteiger partial charge in [-0.1, -0.05) is 12.1 Å². The zero-order valence-corrected chi connectivity index (χ0v) is 10.4. The maximum Gasteiger partial charge on any atom is 0.418 e. The lowest BCUT2D eigenvalue weighted by Gasteiger charge is -2.34. The number of benzene rings is 1. The molecule has 1 aliphatic heterocycles. The Morgan fingerprint density at radius 1 is 1.47 bits per heavy atom. The molecule has 1 heterocycles. The Labute approximate surface area is 108 Å². The predicted octanol–water partition coefficient (Wildman–Crippen LogP) is 2.79. The minimum atomic E-state index is -4.39. The van der Waals surface area contributed by atoms with Crippen molar-refractivity contribution >= 4 is 11.7 Å². The maximum absolute atomic E-state index is 12.9. The lowest BCUT2D eigenvalue weighted by Crippen LogP contribution is -2.35. The number of hydrogen-bond acceptors (Lipinski definition) is 2. The van der Waals surface area contributed by atoms with Crippen molar-refractivity contribution in [1.82, 2.24) is 0 Å². The van der Waals surface area contributed by atoms with Crippen molar-refractivity contribution in [3.05, 3.63) is 29.3 Å². The third-order valence-corrected chi connectivity index (χ3v) is 3.31. The Kier molecular flexibility index (Phi) is 3.43. The molecular weight excluding hydrogens is 259 g/mol. The number of rotatable bonds is 2. The van der Waals surface area contributed by atoms with Gasteiger partial charge in [0.1, 0.15) is 0 Å². The van der Waals surface area contributed by atoms with Crippen molar-refractivity contribution in [3.8, 4) is 0 Å². The normalized spacial score (nSPS) is 19.2. The van der Waals surface area contributed by atoms with Gasteiger partial charge in [0.25, 0.3) is 0 Å². The highest BCUT2D eigenvalue weighted by Gasteiger charge is 2.37. The standard InChI is InChI=1S/C13H14F3NO2/c1-17-7-8(6-11(18)19)5-9-3-2-4-10(12(9)17)13(14,15)16/h2-4,8H,5-7H2,1H3,(H,18,19). The van der Waals surface area contributed by atoms with Gasteiger partial charge in [-0.2, -0.15) is 13.2 Å². The molecule has 2 rings (SSSR count). The first-order valence-corrected chi connectivity index (χ1v) is 5.91. The average Bonchev–Trinajstić information content (AvgIpc) is 2.25. The van der Waals surface area contributed by atoms with E-state index in [-0.39, 0.29) is 18.0 Å². The van der Waals surface area contributed by atoms with E-state index in [4.69, 9.17) is 5.11 Å². The molecule has 1 aliphatic rings. The van der Waals surface area contributed by atoms with Gasteiger partial charge in [0.05, 0.1) is 17.7 Å². The fourth-order valence-corrected chi connectivity index (χ4v) is 2.67. The summed E-state index contributed by atoms with van der Waals surface area (Å²) in [6, 6.07) is 4.07. The van der Waals surface area contributed by atoms with Gasteiger partial charge in [0.2, 0.25) is 0 Å². The minimum Gasteiger partial charge on any atom is -0.481 e. The second-order valence-electron chi connectivity index (χ2n) is 4.86. The quantitative estimate of drug-likeness (QED) is 0.900. The third-order valence-electron chi connectivity index (χ3n) is 3.31. The van der Waals surface area contributed by atoms with Crippen LogP contribution in [-0.2, 0) is 17.4 Å². The number of nitrogens with zero attached hydrogens (tertiary/aromatic N) is 1. The second-order valence-corrected chi connectivity index (χ2v) is 4.86. The predicted molar refractivity (Wildman–Crippen MR) is 64.2 cm³/mol. The van der Waals surface area contributed by atoms with E-state index >= 15 is 0 Å². The number of carboxylic acid groups (broad SMARTS) is 1. The summed E-state index contributed by atoms with van der Waals surface area (Å²) in [7, 11) is 1.57. The van der Waals surface area contributed by atoms with E-state index in [2.05, 4.69) is 0 Å². The number of halogens is 3. The van der Waals surface area contributed by atoms with Crippen LogP contribution in [0.4, 0.5) is 18.9 Å². The van der Waals surface area contributed by atoms with Crippen molar-refractivity contribution in [2.45, 2.75) is 19.0 Å². The lowest BCUT2D eigenvalue weighted by molar-refractivity contribution is -0.139. The van der Waals surface area contributed by atoms with Crippen LogP contribution in [0.15, 0.2) is 18.2 Å². The molecule has 19 heavy (non-hydrogen) atoms. The highest BCUT2D eigenvalue weighted by Crippen LogP contribution is 2.41. The first kappa shape index (κ1) is 13.7. The molecule has 0 aromatic heterocycles. The van der Waals surface area contributed by atoms with E-state index in [0.717, 1.165) is 6.07 Å². The summed E-state index contributed by atoms with van der Waals surface area (Å²) in [5.41, 5.74) is 0.0905. The molecule has 0 amide bonds. The Morgan fingerprint density at radius 2 is 2.16 bits per heavy atom. The Bertz CT molecular complexity index is 499. The summed E-state index contributed by atoms with van der Waals surface area (Å²) in [5, 5.41) is 8.79. The molecule has 6 heteroatoms. The molecule has 0 spiro atoms. The van der Waals surface area contributed by atoms with Gasteiger partial charge in [0, 0.05) is 13.6 Å². The highest BCUT2D eigenvalue weighted by atomic mass is 19.4.